The number of rotatable bonds is 0. The van der Waals surface area contributed by atoms with E-state index in [1.54, 1.807) is 12.1 Å². The minimum atomic E-state index is 0.115. The molecule has 0 bridgehead atoms. The molecule has 0 fully saturated rings. The Kier molecular flexibility index (Phi) is 3.71. The number of aromatic nitrogens is 1. The third-order valence-electron chi connectivity index (χ3n) is 1.96. The molecule has 72 valence electrons. The summed E-state index contributed by atoms with van der Waals surface area (Å²) in [7, 11) is 0. The van der Waals surface area contributed by atoms with Gasteiger partial charge in [-0.25, -0.2) is 0 Å². The van der Waals surface area contributed by atoms with E-state index in [-0.39, 0.29) is 5.56 Å². The lowest BCUT2D eigenvalue weighted by Crippen LogP contribution is -2.35. The first-order valence-electron chi connectivity index (χ1n) is 4.77. The molecule has 1 aromatic heterocycles. The van der Waals surface area contributed by atoms with Crippen molar-refractivity contribution >= 4 is 0 Å². The van der Waals surface area contributed by atoms with Crippen molar-refractivity contribution in [2.24, 2.45) is 0 Å². The predicted octanol–water partition coefficient (Wildman–Crippen LogP) is 0.978. The highest BCUT2D eigenvalue weighted by molar-refractivity contribution is 5.07. The Hall–Kier alpha value is -1.09. The van der Waals surface area contributed by atoms with Gasteiger partial charge in [-0.1, -0.05) is 19.9 Å². The molecule has 0 spiro atoms. The van der Waals surface area contributed by atoms with Crippen molar-refractivity contribution in [3.63, 3.8) is 0 Å². The quantitative estimate of drug-likeness (QED) is 0.645. The lowest BCUT2D eigenvalue weighted by molar-refractivity contribution is 0.499. The van der Waals surface area contributed by atoms with Gasteiger partial charge in [-0.3, -0.25) is 4.79 Å². The summed E-state index contributed by atoms with van der Waals surface area (Å²) in [6.45, 7) is 6.52. The molecule has 2 rings (SSSR count). The second-order valence-corrected chi connectivity index (χ2v) is 2.68. The highest BCUT2D eigenvalue weighted by atomic mass is 16.1. The van der Waals surface area contributed by atoms with Crippen LogP contribution < -0.4 is 10.9 Å². The zero-order valence-corrected chi connectivity index (χ0v) is 8.21. The van der Waals surface area contributed by atoms with Crippen LogP contribution in [0, 0.1) is 0 Å². The summed E-state index contributed by atoms with van der Waals surface area (Å²) in [5.41, 5.74) is 1.20. The van der Waals surface area contributed by atoms with E-state index in [1.165, 1.54) is 0 Å². The maximum atomic E-state index is 11.2. The third kappa shape index (κ3) is 2.18. The van der Waals surface area contributed by atoms with Crippen LogP contribution in [0.4, 0.5) is 0 Å². The van der Waals surface area contributed by atoms with Crippen molar-refractivity contribution in [1.82, 2.24) is 9.88 Å². The molecule has 3 nitrogen and oxygen atoms in total. The minimum absolute atomic E-state index is 0.115. The fourth-order valence-electron chi connectivity index (χ4n) is 1.38. The molecule has 0 radical (unpaired) electrons. The molecular weight excluding hydrogens is 164 g/mol. The summed E-state index contributed by atoms with van der Waals surface area (Å²) < 4.78 is 1.82. The molecule has 0 aliphatic carbocycles. The van der Waals surface area contributed by atoms with Crippen molar-refractivity contribution in [3.8, 4) is 0 Å². The highest BCUT2D eigenvalue weighted by Gasteiger charge is 2.06. The molecule has 0 saturated carbocycles. The Bertz CT molecular complexity index is 317. The summed E-state index contributed by atoms with van der Waals surface area (Å²) in [5, 5.41) is 3.21. The SMILES string of the molecule is CC.O=c1cccc2n1CCNC2. The molecule has 1 aliphatic heterocycles. The zero-order chi connectivity index (χ0) is 9.68. The topological polar surface area (TPSA) is 34.0 Å². The normalized spacial score (nSPS) is 14.0. The van der Waals surface area contributed by atoms with E-state index >= 15 is 0 Å². The second-order valence-electron chi connectivity index (χ2n) is 2.68. The number of nitrogens with one attached hydrogen (secondary N) is 1. The third-order valence-corrected chi connectivity index (χ3v) is 1.96. The average molecular weight is 180 g/mol. The number of fused-ring (bicyclic) bond motifs is 1. The van der Waals surface area contributed by atoms with Gasteiger partial charge in [0.25, 0.3) is 5.56 Å². The van der Waals surface area contributed by atoms with E-state index in [9.17, 15) is 4.79 Å². The van der Waals surface area contributed by atoms with Crippen LogP contribution in [0.3, 0.4) is 0 Å². The molecule has 3 heteroatoms. The molecule has 13 heavy (non-hydrogen) atoms. The van der Waals surface area contributed by atoms with Gasteiger partial charge in [-0.2, -0.15) is 0 Å². The van der Waals surface area contributed by atoms with Crippen LogP contribution in [0.25, 0.3) is 0 Å². The fourth-order valence-corrected chi connectivity index (χ4v) is 1.38. The molecule has 1 aliphatic rings. The van der Waals surface area contributed by atoms with Gasteiger partial charge in [0, 0.05) is 31.4 Å². The molecule has 0 saturated heterocycles. The maximum absolute atomic E-state index is 11.2. The van der Waals surface area contributed by atoms with E-state index in [0.29, 0.717) is 0 Å². The number of pyridine rings is 1. The highest BCUT2D eigenvalue weighted by Crippen LogP contribution is 1.99. The molecule has 1 aromatic rings. The van der Waals surface area contributed by atoms with Crippen molar-refractivity contribution in [2.45, 2.75) is 26.9 Å². The Labute approximate surface area is 78.4 Å². The number of nitrogens with zero attached hydrogens (tertiary/aromatic N) is 1. The Morgan fingerprint density at radius 2 is 2.15 bits per heavy atom. The lowest BCUT2D eigenvalue weighted by Gasteiger charge is -2.18. The summed E-state index contributed by atoms with van der Waals surface area (Å²) in [6, 6.07) is 5.39. The van der Waals surface area contributed by atoms with Crippen LogP contribution >= 0.6 is 0 Å². The summed E-state index contributed by atoms with van der Waals surface area (Å²) >= 11 is 0. The van der Waals surface area contributed by atoms with Crippen LogP contribution in [-0.2, 0) is 13.1 Å². The molecular formula is C10H16N2O. The molecule has 0 amide bonds. The van der Waals surface area contributed by atoms with Crippen LogP contribution in [0.2, 0.25) is 0 Å². The van der Waals surface area contributed by atoms with E-state index in [2.05, 4.69) is 5.32 Å². The summed E-state index contributed by atoms with van der Waals surface area (Å²) in [4.78, 5) is 11.2. The summed E-state index contributed by atoms with van der Waals surface area (Å²) in [6.07, 6.45) is 0. The Morgan fingerprint density at radius 1 is 1.38 bits per heavy atom. The lowest BCUT2D eigenvalue weighted by atomic mass is 10.3. The maximum Gasteiger partial charge on any atom is 0.250 e. The summed E-state index contributed by atoms with van der Waals surface area (Å²) in [5.74, 6) is 0. The van der Waals surface area contributed by atoms with Crippen molar-refractivity contribution in [1.29, 1.82) is 0 Å². The number of hydrogen-bond donors (Lipinski definition) is 1. The molecule has 0 atom stereocenters. The van der Waals surface area contributed by atoms with Gasteiger partial charge in [-0.05, 0) is 6.07 Å². The van der Waals surface area contributed by atoms with Crippen LogP contribution in [0.15, 0.2) is 23.0 Å². The van der Waals surface area contributed by atoms with E-state index < -0.39 is 0 Å². The smallest absolute Gasteiger partial charge is 0.250 e. The van der Waals surface area contributed by atoms with Crippen LogP contribution in [0.5, 0.6) is 0 Å². The van der Waals surface area contributed by atoms with E-state index in [0.717, 1.165) is 25.3 Å². The fraction of sp³-hybridized carbons (Fsp3) is 0.500. The van der Waals surface area contributed by atoms with E-state index in [1.807, 2.05) is 24.5 Å². The van der Waals surface area contributed by atoms with Crippen molar-refractivity contribution in [3.05, 3.63) is 34.2 Å². The van der Waals surface area contributed by atoms with Gasteiger partial charge in [0.05, 0.1) is 0 Å². The monoisotopic (exact) mass is 180 g/mol. The first-order chi connectivity index (χ1) is 6.38. The minimum Gasteiger partial charge on any atom is -0.310 e. The van der Waals surface area contributed by atoms with Crippen molar-refractivity contribution in [2.75, 3.05) is 6.54 Å². The van der Waals surface area contributed by atoms with Gasteiger partial charge >= 0.3 is 0 Å². The first-order valence-corrected chi connectivity index (χ1v) is 4.77. The van der Waals surface area contributed by atoms with E-state index in [4.69, 9.17) is 0 Å². The standard InChI is InChI=1S/C8H10N2O.C2H6/c11-8-3-1-2-7-6-9-4-5-10(7)8;1-2/h1-3,9H,4-6H2;1-2H3. The molecule has 2 heterocycles. The number of hydrogen-bond acceptors (Lipinski definition) is 2. The molecule has 1 N–H and O–H groups in total. The van der Waals surface area contributed by atoms with Crippen LogP contribution in [-0.4, -0.2) is 11.1 Å². The van der Waals surface area contributed by atoms with Gasteiger partial charge < -0.3 is 9.88 Å². The Balaban J connectivity index is 0.000000396. The first kappa shape index (κ1) is 9.99. The molecule has 0 unspecified atom stereocenters. The van der Waals surface area contributed by atoms with Gasteiger partial charge in [0.2, 0.25) is 0 Å². The van der Waals surface area contributed by atoms with Crippen molar-refractivity contribution < 1.29 is 0 Å². The van der Waals surface area contributed by atoms with Crippen LogP contribution in [0.1, 0.15) is 19.5 Å². The predicted molar refractivity (Wildman–Crippen MR) is 53.8 cm³/mol. The van der Waals surface area contributed by atoms with Gasteiger partial charge in [0.1, 0.15) is 0 Å². The zero-order valence-electron chi connectivity index (χ0n) is 8.21. The average Bonchev–Trinajstić information content (AvgIpc) is 2.22. The molecule has 0 aromatic carbocycles. The second kappa shape index (κ2) is 4.82. The van der Waals surface area contributed by atoms with Gasteiger partial charge in [0.15, 0.2) is 0 Å². The van der Waals surface area contributed by atoms with Gasteiger partial charge in [-0.15, -0.1) is 0 Å². The largest absolute Gasteiger partial charge is 0.310 e. The Morgan fingerprint density at radius 3 is 2.85 bits per heavy atom.